The molecular weight excluding hydrogens is 302 g/mol. The van der Waals surface area contributed by atoms with Crippen LogP contribution in [0.5, 0.6) is 0 Å². The smallest absolute Gasteiger partial charge is 0.292 e. The highest BCUT2D eigenvalue weighted by Gasteiger charge is 2.28. The average molecular weight is 330 g/mol. The summed E-state index contributed by atoms with van der Waals surface area (Å²) in [5.41, 5.74) is 6.87. The van der Waals surface area contributed by atoms with Crippen LogP contribution in [0, 0.1) is 5.92 Å². The van der Waals surface area contributed by atoms with Crippen molar-refractivity contribution in [2.24, 2.45) is 11.7 Å². The van der Waals surface area contributed by atoms with Crippen molar-refractivity contribution in [3.8, 4) is 0 Å². The van der Waals surface area contributed by atoms with Gasteiger partial charge in [0.05, 0.1) is 5.69 Å². The van der Waals surface area contributed by atoms with Crippen molar-refractivity contribution >= 4 is 18.3 Å². The number of carbonyl (C=O) groups is 1. The summed E-state index contributed by atoms with van der Waals surface area (Å²) in [5, 5.41) is 4.08. The fourth-order valence-corrected chi connectivity index (χ4v) is 3.07. The Balaban J connectivity index is 0.00000242. The normalized spacial score (nSPS) is 19.9. The molecule has 1 fully saturated rings. The van der Waals surface area contributed by atoms with E-state index < -0.39 is 0 Å². The first-order chi connectivity index (χ1) is 10.1. The van der Waals surface area contributed by atoms with Crippen LogP contribution < -0.4 is 5.73 Å². The zero-order chi connectivity index (χ0) is 15.4. The molecule has 1 aromatic rings. The Bertz CT molecular complexity index is 472. The molecule has 1 aliphatic rings. The van der Waals surface area contributed by atoms with E-state index in [2.05, 4.69) is 19.0 Å². The lowest BCUT2D eigenvalue weighted by molar-refractivity contribution is 0.0619. The number of rotatable bonds is 5. The number of carbonyl (C=O) groups excluding carboxylic acids is 1. The predicted molar refractivity (Wildman–Crippen MR) is 89.4 cm³/mol. The van der Waals surface area contributed by atoms with Gasteiger partial charge in [0, 0.05) is 31.1 Å². The molecule has 2 N–H and O–H groups in total. The molecule has 0 saturated carbocycles. The lowest BCUT2D eigenvalue weighted by atomic mass is 9.92. The average Bonchev–Trinajstić information content (AvgIpc) is 2.97. The number of amides is 1. The van der Waals surface area contributed by atoms with Gasteiger partial charge in [-0.05, 0) is 38.5 Å². The molecule has 2 heterocycles. The molecule has 1 amide bonds. The Kier molecular flexibility index (Phi) is 7.36. The third kappa shape index (κ3) is 4.23. The number of hydrogen-bond donors (Lipinski definition) is 1. The highest BCUT2D eigenvalue weighted by atomic mass is 35.5. The van der Waals surface area contributed by atoms with Gasteiger partial charge in [0.2, 0.25) is 5.76 Å². The minimum atomic E-state index is -0.0509. The summed E-state index contributed by atoms with van der Waals surface area (Å²) in [4.78, 5) is 14.4. The quantitative estimate of drug-likeness (QED) is 0.900. The van der Waals surface area contributed by atoms with Crippen molar-refractivity contribution in [2.75, 3.05) is 13.1 Å². The number of nitrogens with zero attached hydrogens (tertiary/aromatic N) is 2. The van der Waals surface area contributed by atoms with Crippen LogP contribution in [0.15, 0.2) is 10.6 Å². The number of aromatic nitrogens is 1. The summed E-state index contributed by atoms with van der Waals surface area (Å²) in [7, 11) is 0. The maximum absolute atomic E-state index is 12.5. The number of halogens is 1. The Hall–Kier alpha value is -1.07. The zero-order valence-corrected chi connectivity index (χ0v) is 14.6. The van der Waals surface area contributed by atoms with Gasteiger partial charge in [-0.2, -0.15) is 0 Å². The minimum Gasteiger partial charge on any atom is -0.351 e. The molecule has 5 nitrogen and oxygen atoms in total. The lowest BCUT2D eigenvalue weighted by Gasteiger charge is -2.34. The Morgan fingerprint density at radius 1 is 1.50 bits per heavy atom. The van der Waals surface area contributed by atoms with E-state index in [1.165, 1.54) is 0 Å². The number of nitrogens with two attached hydrogens (primary N) is 1. The van der Waals surface area contributed by atoms with Gasteiger partial charge in [-0.1, -0.05) is 19.0 Å². The second-order valence-electron chi connectivity index (χ2n) is 6.14. The van der Waals surface area contributed by atoms with Crippen LogP contribution in [0.1, 0.15) is 68.6 Å². The van der Waals surface area contributed by atoms with E-state index in [-0.39, 0.29) is 24.4 Å². The fraction of sp³-hybridized carbons (Fsp3) is 0.750. The summed E-state index contributed by atoms with van der Waals surface area (Å²) in [5.74, 6) is 1.06. The molecule has 0 aliphatic carbocycles. The molecule has 0 bridgehead atoms. The van der Waals surface area contributed by atoms with E-state index in [9.17, 15) is 4.79 Å². The van der Waals surface area contributed by atoms with Gasteiger partial charge in [0.25, 0.3) is 5.91 Å². The second-order valence-corrected chi connectivity index (χ2v) is 6.14. The van der Waals surface area contributed by atoms with Gasteiger partial charge in [0.1, 0.15) is 0 Å². The van der Waals surface area contributed by atoms with Crippen LogP contribution in [0.3, 0.4) is 0 Å². The topological polar surface area (TPSA) is 72.4 Å². The number of piperidine rings is 1. The van der Waals surface area contributed by atoms with Crippen LogP contribution in [0.4, 0.5) is 0 Å². The lowest BCUT2D eigenvalue weighted by Crippen LogP contribution is -2.44. The van der Waals surface area contributed by atoms with E-state index in [1.807, 2.05) is 17.9 Å². The maximum Gasteiger partial charge on any atom is 0.292 e. The molecule has 2 unspecified atom stereocenters. The number of hydrogen-bond acceptors (Lipinski definition) is 4. The van der Waals surface area contributed by atoms with Gasteiger partial charge in [-0.3, -0.25) is 4.79 Å². The van der Waals surface area contributed by atoms with Crippen LogP contribution in [0.25, 0.3) is 0 Å². The third-order valence-corrected chi connectivity index (χ3v) is 4.63. The summed E-state index contributed by atoms with van der Waals surface area (Å²) in [6.07, 6.45) is 4.11. The molecular formula is C16H28ClN3O2. The molecule has 22 heavy (non-hydrogen) atoms. The first-order valence-electron chi connectivity index (χ1n) is 8.08. The Labute approximate surface area is 139 Å². The van der Waals surface area contributed by atoms with Crippen LogP contribution in [0.2, 0.25) is 0 Å². The van der Waals surface area contributed by atoms with E-state index >= 15 is 0 Å². The van der Waals surface area contributed by atoms with E-state index in [0.717, 1.165) is 44.5 Å². The van der Waals surface area contributed by atoms with Crippen molar-refractivity contribution in [3.63, 3.8) is 0 Å². The van der Waals surface area contributed by atoms with Crippen LogP contribution in [-0.4, -0.2) is 35.1 Å². The van der Waals surface area contributed by atoms with Gasteiger partial charge >= 0.3 is 0 Å². The third-order valence-electron chi connectivity index (χ3n) is 4.63. The zero-order valence-electron chi connectivity index (χ0n) is 13.7. The van der Waals surface area contributed by atoms with Crippen molar-refractivity contribution < 1.29 is 9.32 Å². The molecule has 1 aromatic heterocycles. The minimum absolute atomic E-state index is 0. The van der Waals surface area contributed by atoms with E-state index in [1.54, 1.807) is 0 Å². The first kappa shape index (κ1) is 19.0. The summed E-state index contributed by atoms with van der Waals surface area (Å²) < 4.78 is 5.29. The summed E-state index contributed by atoms with van der Waals surface area (Å²) in [6, 6.07) is 1.94. The van der Waals surface area contributed by atoms with Crippen molar-refractivity contribution in [1.82, 2.24) is 10.1 Å². The molecule has 1 saturated heterocycles. The van der Waals surface area contributed by atoms with Gasteiger partial charge in [-0.25, -0.2) is 0 Å². The second kappa shape index (κ2) is 8.53. The molecule has 0 radical (unpaired) electrons. The molecule has 0 spiro atoms. The predicted octanol–water partition coefficient (Wildman–Crippen LogP) is 3.20. The number of likely N-dealkylation sites (tertiary alicyclic amines) is 1. The highest BCUT2D eigenvalue weighted by molar-refractivity contribution is 5.91. The van der Waals surface area contributed by atoms with E-state index in [0.29, 0.717) is 17.6 Å². The molecule has 2 atom stereocenters. The standard InChI is InChI=1S/C16H27N3O2.ClH/c1-4-12(5-2)14-9-15(21-18-14)16(20)19-8-6-7-13(10-19)11(3)17;/h9,11-13H,4-8,10,17H2,1-3H3;1H. The van der Waals surface area contributed by atoms with Crippen molar-refractivity contribution in [3.05, 3.63) is 17.5 Å². The van der Waals surface area contributed by atoms with E-state index in [4.69, 9.17) is 10.3 Å². The van der Waals surface area contributed by atoms with Crippen LogP contribution >= 0.6 is 12.4 Å². The molecule has 6 heteroatoms. The summed E-state index contributed by atoms with van der Waals surface area (Å²) >= 11 is 0. The SMILES string of the molecule is CCC(CC)c1cc(C(=O)N2CCCC(C(C)N)C2)on1.Cl. The summed E-state index contributed by atoms with van der Waals surface area (Å²) in [6.45, 7) is 7.77. The van der Waals surface area contributed by atoms with Gasteiger partial charge in [0.15, 0.2) is 0 Å². The van der Waals surface area contributed by atoms with Gasteiger partial charge in [-0.15, -0.1) is 12.4 Å². The Morgan fingerprint density at radius 2 is 2.18 bits per heavy atom. The molecule has 0 aromatic carbocycles. The highest BCUT2D eigenvalue weighted by Crippen LogP contribution is 2.24. The maximum atomic E-state index is 12.5. The van der Waals surface area contributed by atoms with Crippen molar-refractivity contribution in [1.29, 1.82) is 0 Å². The van der Waals surface area contributed by atoms with Crippen LogP contribution in [-0.2, 0) is 0 Å². The Morgan fingerprint density at radius 3 is 2.77 bits per heavy atom. The van der Waals surface area contributed by atoms with Crippen molar-refractivity contribution in [2.45, 2.75) is 58.4 Å². The molecule has 126 valence electrons. The fourth-order valence-electron chi connectivity index (χ4n) is 3.07. The molecule has 1 aliphatic heterocycles. The largest absolute Gasteiger partial charge is 0.351 e. The van der Waals surface area contributed by atoms with Gasteiger partial charge < -0.3 is 15.2 Å². The first-order valence-corrected chi connectivity index (χ1v) is 8.08. The molecule has 2 rings (SSSR count). The monoisotopic (exact) mass is 329 g/mol.